The van der Waals surface area contributed by atoms with Gasteiger partial charge < -0.3 is 9.31 Å². The van der Waals surface area contributed by atoms with Crippen molar-refractivity contribution in [1.29, 1.82) is 0 Å². The number of aryl methyl sites for hydroxylation is 1. The van der Waals surface area contributed by atoms with Gasteiger partial charge in [-0.15, -0.1) is 0 Å². The number of aromatic nitrogens is 1. The maximum absolute atomic E-state index is 6.02. The summed E-state index contributed by atoms with van der Waals surface area (Å²) >= 11 is 3.46. The summed E-state index contributed by atoms with van der Waals surface area (Å²) in [6, 6.07) is 1.96. The molecule has 17 heavy (non-hydrogen) atoms. The van der Waals surface area contributed by atoms with Crippen LogP contribution in [0.3, 0.4) is 0 Å². The molecule has 0 N–H and O–H groups in total. The van der Waals surface area contributed by atoms with Gasteiger partial charge in [0, 0.05) is 11.7 Å². The summed E-state index contributed by atoms with van der Waals surface area (Å²) in [5.41, 5.74) is 1.45. The van der Waals surface area contributed by atoms with E-state index in [0.717, 1.165) is 15.6 Å². The van der Waals surface area contributed by atoms with Crippen molar-refractivity contribution in [2.45, 2.75) is 45.8 Å². The molecule has 0 radical (unpaired) electrons. The van der Waals surface area contributed by atoms with Crippen LogP contribution in [0.2, 0.25) is 0 Å². The van der Waals surface area contributed by atoms with E-state index in [1.54, 1.807) is 6.20 Å². The standard InChI is InChI=1S/C12H17BBrNO2/c1-8-6-7-15-10(14)9(8)13-16-11(2,3)12(4,5)17-13/h6-7H,1-5H3. The first-order valence-electron chi connectivity index (χ1n) is 5.71. The zero-order valence-electron chi connectivity index (χ0n) is 10.9. The quantitative estimate of drug-likeness (QED) is 0.589. The summed E-state index contributed by atoms with van der Waals surface area (Å²) < 4.78 is 12.8. The molecule has 0 amide bonds. The first-order chi connectivity index (χ1) is 7.74. The van der Waals surface area contributed by atoms with Crippen LogP contribution in [0, 0.1) is 6.92 Å². The summed E-state index contributed by atoms with van der Waals surface area (Å²) in [5.74, 6) is 0. The van der Waals surface area contributed by atoms with Crippen LogP contribution in [0.25, 0.3) is 0 Å². The van der Waals surface area contributed by atoms with Gasteiger partial charge in [0.05, 0.1) is 11.2 Å². The highest BCUT2D eigenvalue weighted by Gasteiger charge is 2.52. The number of hydrogen-bond acceptors (Lipinski definition) is 3. The summed E-state index contributed by atoms with van der Waals surface area (Å²) in [5, 5.41) is 0. The minimum absolute atomic E-state index is 0.320. The molecule has 0 spiro atoms. The molecule has 0 bridgehead atoms. The fraction of sp³-hybridized carbons (Fsp3) is 0.583. The molecule has 1 fully saturated rings. The Hall–Kier alpha value is -0.385. The number of nitrogens with zero attached hydrogens (tertiary/aromatic N) is 1. The van der Waals surface area contributed by atoms with Crippen LogP contribution in [-0.4, -0.2) is 23.3 Å². The van der Waals surface area contributed by atoms with Crippen molar-refractivity contribution in [3.8, 4) is 0 Å². The van der Waals surface area contributed by atoms with Crippen LogP contribution in [0.15, 0.2) is 16.9 Å². The third-order valence-corrected chi connectivity index (χ3v) is 4.28. The SMILES string of the molecule is Cc1ccnc(Br)c1B1OC(C)(C)C(C)(C)O1. The lowest BCUT2D eigenvalue weighted by molar-refractivity contribution is 0.00578. The second-order valence-corrected chi connectivity index (χ2v) is 6.17. The highest BCUT2D eigenvalue weighted by Crippen LogP contribution is 2.37. The molecule has 2 rings (SSSR count). The molecular formula is C12H17BBrNO2. The third kappa shape index (κ3) is 2.16. The fourth-order valence-electron chi connectivity index (χ4n) is 1.78. The van der Waals surface area contributed by atoms with Crippen LogP contribution >= 0.6 is 15.9 Å². The molecule has 1 aromatic rings. The van der Waals surface area contributed by atoms with E-state index in [-0.39, 0.29) is 18.3 Å². The Balaban J connectivity index is 2.39. The van der Waals surface area contributed by atoms with Crippen LogP contribution in [0.5, 0.6) is 0 Å². The van der Waals surface area contributed by atoms with Gasteiger partial charge in [-0.25, -0.2) is 4.98 Å². The van der Waals surface area contributed by atoms with Crippen molar-refractivity contribution in [2.24, 2.45) is 0 Å². The molecule has 0 unspecified atom stereocenters. The minimum Gasteiger partial charge on any atom is -0.399 e. The summed E-state index contributed by atoms with van der Waals surface area (Å²) in [6.07, 6.45) is 1.77. The normalized spacial score (nSPS) is 21.9. The highest BCUT2D eigenvalue weighted by atomic mass is 79.9. The molecular weight excluding hydrogens is 281 g/mol. The van der Waals surface area contributed by atoms with Crippen molar-refractivity contribution in [1.82, 2.24) is 4.98 Å². The van der Waals surface area contributed by atoms with Crippen LogP contribution in [0.4, 0.5) is 0 Å². The monoisotopic (exact) mass is 297 g/mol. The van der Waals surface area contributed by atoms with Gasteiger partial charge in [0.25, 0.3) is 0 Å². The number of rotatable bonds is 1. The molecule has 2 heterocycles. The van der Waals surface area contributed by atoms with E-state index in [9.17, 15) is 0 Å². The van der Waals surface area contributed by atoms with Gasteiger partial charge in [-0.1, -0.05) is 0 Å². The molecule has 92 valence electrons. The van der Waals surface area contributed by atoms with E-state index < -0.39 is 0 Å². The number of hydrogen-bond donors (Lipinski definition) is 0. The molecule has 1 aliphatic heterocycles. The Bertz CT molecular complexity index is 412. The Morgan fingerprint density at radius 3 is 2.18 bits per heavy atom. The summed E-state index contributed by atoms with van der Waals surface area (Å²) in [7, 11) is -0.358. The van der Waals surface area contributed by atoms with Gasteiger partial charge in [0.2, 0.25) is 0 Å². The average Bonchev–Trinajstić information content (AvgIpc) is 2.35. The van der Waals surface area contributed by atoms with E-state index in [1.807, 2.05) is 40.7 Å². The zero-order valence-corrected chi connectivity index (χ0v) is 12.5. The molecule has 0 aliphatic carbocycles. The van der Waals surface area contributed by atoms with Gasteiger partial charge in [-0.3, -0.25) is 0 Å². The Morgan fingerprint density at radius 2 is 1.71 bits per heavy atom. The lowest BCUT2D eigenvalue weighted by Crippen LogP contribution is -2.41. The minimum atomic E-state index is -0.358. The smallest absolute Gasteiger partial charge is 0.399 e. The highest BCUT2D eigenvalue weighted by molar-refractivity contribution is 9.10. The molecule has 1 aliphatic rings. The summed E-state index contributed by atoms with van der Waals surface area (Å²) in [6.45, 7) is 10.2. The molecule has 3 nitrogen and oxygen atoms in total. The van der Waals surface area contributed by atoms with Crippen molar-refractivity contribution in [3.63, 3.8) is 0 Å². The fourth-order valence-corrected chi connectivity index (χ4v) is 2.40. The number of halogens is 1. The second-order valence-electron chi connectivity index (χ2n) is 5.42. The average molecular weight is 298 g/mol. The Labute approximate surface area is 111 Å². The van der Waals surface area contributed by atoms with Gasteiger partial charge in [-0.2, -0.15) is 0 Å². The van der Waals surface area contributed by atoms with E-state index in [0.29, 0.717) is 0 Å². The van der Waals surface area contributed by atoms with Gasteiger partial charge in [0.1, 0.15) is 4.60 Å². The van der Waals surface area contributed by atoms with Crippen molar-refractivity contribution in [3.05, 3.63) is 22.4 Å². The predicted molar refractivity (Wildman–Crippen MR) is 72.4 cm³/mol. The van der Waals surface area contributed by atoms with E-state index >= 15 is 0 Å². The first-order valence-corrected chi connectivity index (χ1v) is 6.50. The molecule has 1 saturated heterocycles. The molecule has 1 aromatic heterocycles. The van der Waals surface area contributed by atoms with Crippen molar-refractivity contribution < 1.29 is 9.31 Å². The van der Waals surface area contributed by atoms with Gasteiger partial charge in [-0.05, 0) is 62.2 Å². The maximum Gasteiger partial charge on any atom is 0.497 e. The van der Waals surface area contributed by atoms with Crippen molar-refractivity contribution >= 4 is 28.5 Å². The van der Waals surface area contributed by atoms with Gasteiger partial charge >= 0.3 is 7.12 Å². The lowest BCUT2D eigenvalue weighted by atomic mass is 9.77. The summed E-state index contributed by atoms with van der Waals surface area (Å²) in [4.78, 5) is 4.24. The third-order valence-electron chi connectivity index (χ3n) is 3.65. The lowest BCUT2D eigenvalue weighted by Gasteiger charge is -2.32. The first kappa shape index (κ1) is 13.1. The largest absolute Gasteiger partial charge is 0.497 e. The predicted octanol–water partition coefficient (Wildman–Crippen LogP) is 2.45. The van der Waals surface area contributed by atoms with E-state index in [4.69, 9.17) is 9.31 Å². The number of pyridine rings is 1. The van der Waals surface area contributed by atoms with Crippen LogP contribution < -0.4 is 5.46 Å². The van der Waals surface area contributed by atoms with Gasteiger partial charge in [0.15, 0.2) is 0 Å². The van der Waals surface area contributed by atoms with Crippen LogP contribution in [0.1, 0.15) is 33.3 Å². The molecule has 0 atom stereocenters. The molecule has 5 heteroatoms. The van der Waals surface area contributed by atoms with Crippen molar-refractivity contribution in [2.75, 3.05) is 0 Å². The maximum atomic E-state index is 6.02. The Kier molecular flexibility index (Phi) is 3.13. The zero-order chi connectivity index (χ0) is 12.8. The molecule has 0 saturated carbocycles. The topological polar surface area (TPSA) is 31.4 Å². The van der Waals surface area contributed by atoms with E-state index in [2.05, 4.69) is 20.9 Å². The van der Waals surface area contributed by atoms with Crippen LogP contribution in [-0.2, 0) is 9.31 Å². The molecule has 0 aromatic carbocycles. The second kappa shape index (κ2) is 4.07. The van der Waals surface area contributed by atoms with E-state index in [1.165, 1.54) is 0 Å². The Morgan fingerprint density at radius 1 is 1.18 bits per heavy atom.